The molecule has 0 aliphatic heterocycles. The molecule has 0 heterocycles. The molecule has 0 atom stereocenters. The summed E-state index contributed by atoms with van der Waals surface area (Å²) in [6, 6.07) is 0. The Bertz CT molecular complexity index is 32.5. The van der Waals surface area contributed by atoms with Crippen LogP contribution in [-0.4, -0.2) is 23.1 Å². The molecule has 0 saturated carbocycles. The molecule has 2 nitrogen and oxygen atoms in total. The number of rotatable bonds is 0. The predicted molar refractivity (Wildman–Crippen MR) is 9.35 cm³/mol. The second-order valence-corrected chi connectivity index (χ2v) is 0.260. The molecule has 0 amide bonds. The Labute approximate surface area is 48.6 Å². The normalized spacial score (nSPS) is 3.00. The van der Waals surface area contributed by atoms with Crippen molar-refractivity contribution in [3.63, 3.8) is 0 Å². The Morgan fingerprint density at radius 1 is 1.50 bits per heavy atom. The summed E-state index contributed by atoms with van der Waals surface area (Å²) in [6.45, 7) is 0. The van der Waals surface area contributed by atoms with Gasteiger partial charge in [0.15, 0.2) is 0 Å². The van der Waals surface area contributed by atoms with Gasteiger partial charge in [0, 0.05) is 0 Å². The van der Waals surface area contributed by atoms with E-state index in [1.807, 2.05) is 0 Å². The Morgan fingerprint density at radius 2 is 1.50 bits per heavy atom. The van der Waals surface area contributed by atoms with Gasteiger partial charge in [-0.3, -0.25) is 0 Å². The Kier molecular flexibility index (Phi) is 20.2. The van der Waals surface area contributed by atoms with Crippen LogP contribution in [0.2, 0.25) is 0 Å². The molecule has 23 valence electrons. The third kappa shape index (κ3) is 13.1. The average molecular weight is 113 g/mol. The molecular formula is H2MgMnO2. The molecule has 0 bridgehead atoms. The minimum absolute atomic E-state index is 0. The van der Waals surface area contributed by atoms with E-state index in [9.17, 15) is 0 Å². The van der Waals surface area contributed by atoms with Crippen molar-refractivity contribution < 1.29 is 25.3 Å². The van der Waals surface area contributed by atoms with Crippen LogP contribution in [0.15, 0.2) is 0 Å². The van der Waals surface area contributed by atoms with Crippen molar-refractivity contribution in [1.29, 1.82) is 0 Å². The van der Waals surface area contributed by atoms with Gasteiger partial charge in [-0.15, -0.1) is 0 Å². The van der Waals surface area contributed by atoms with Crippen molar-refractivity contribution in [2.75, 3.05) is 0 Å². The SMILES string of the molecule is [H-].[H-].[Mg+2].[O]=[Mn]=[O]. The van der Waals surface area contributed by atoms with Gasteiger partial charge in [0.1, 0.15) is 0 Å². The van der Waals surface area contributed by atoms with Crippen molar-refractivity contribution in [2.45, 2.75) is 0 Å². The van der Waals surface area contributed by atoms with Gasteiger partial charge < -0.3 is 2.85 Å². The molecule has 0 aliphatic carbocycles. The van der Waals surface area contributed by atoms with Crippen LogP contribution in [0.1, 0.15) is 2.85 Å². The van der Waals surface area contributed by atoms with Crippen molar-refractivity contribution >= 4 is 23.1 Å². The van der Waals surface area contributed by atoms with E-state index in [1.54, 1.807) is 0 Å². The summed E-state index contributed by atoms with van der Waals surface area (Å²) in [5.41, 5.74) is 0. The van der Waals surface area contributed by atoms with Crippen LogP contribution in [0.3, 0.4) is 0 Å². The molecule has 0 aromatic rings. The molecule has 4 heteroatoms. The van der Waals surface area contributed by atoms with Gasteiger partial charge in [0.05, 0.1) is 0 Å². The fourth-order valence-electron chi connectivity index (χ4n) is 0. The molecule has 0 unspecified atom stereocenters. The van der Waals surface area contributed by atoms with Crippen molar-refractivity contribution in [3.8, 4) is 0 Å². The summed E-state index contributed by atoms with van der Waals surface area (Å²) in [5, 5.41) is 0. The summed E-state index contributed by atoms with van der Waals surface area (Å²) in [6.07, 6.45) is 0. The maximum atomic E-state index is 8.41. The molecule has 0 aromatic carbocycles. The standard InChI is InChI=1S/Mg.Mn.2O.2H/q+2;;;;2*-1. The van der Waals surface area contributed by atoms with E-state index in [4.69, 9.17) is 7.67 Å². The Balaban J connectivity index is -0.00000000667. The Hall–Kier alpha value is 0.886. The van der Waals surface area contributed by atoms with E-state index in [0.717, 1.165) is 0 Å². The first-order valence-corrected chi connectivity index (χ1v) is 1.27. The quantitative estimate of drug-likeness (QED) is 0.401. The van der Waals surface area contributed by atoms with E-state index < -0.39 is 14.8 Å². The van der Waals surface area contributed by atoms with Gasteiger partial charge in [-0.05, 0) is 0 Å². The second kappa shape index (κ2) is 9.10. The topological polar surface area (TPSA) is 34.1 Å². The first kappa shape index (κ1) is 8.86. The van der Waals surface area contributed by atoms with Crippen molar-refractivity contribution in [3.05, 3.63) is 0 Å². The van der Waals surface area contributed by atoms with E-state index in [2.05, 4.69) is 0 Å². The summed E-state index contributed by atoms with van der Waals surface area (Å²) in [7, 11) is 0. The zero-order valence-electron chi connectivity index (χ0n) is 3.90. The Morgan fingerprint density at radius 3 is 1.50 bits per heavy atom. The second-order valence-electron chi connectivity index (χ2n) is 0.0630. The van der Waals surface area contributed by atoms with Crippen LogP contribution in [0, 0.1) is 0 Å². The number of hydrogen-bond donors (Lipinski definition) is 0. The van der Waals surface area contributed by atoms with Gasteiger partial charge in [-0.1, -0.05) is 0 Å². The van der Waals surface area contributed by atoms with Crippen molar-refractivity contribution in [2.24, 2.45) is 0 Å². The fraction of sp³-hybridized carbons (Fsp3) is 0. The molecule has 0 N–H and O–H groups in total. The van der Waals surface area contributed by atoms with Crippen LogP contribution in [-0.2, 0) is 22.5 Å². The van der Waals surface area contributed by atoms with Crippen LogP contribution in [0.5, 0.6) is 0 Å². The predicted octanol–water partition coefficient (Wildman–Crippen LogP) is -0.396. The molecule has 0 radical (unpaired) electrons. The molecular weight excluding hydrogens is 111 g/mol. The van der Waals surface area contributed by atoms with Crippen LogP contribution in [0.4, 0.5) is 0 Å². The van der Waals surface area contributed by atoms with Crippen LogP contribution < -0.4 is 0 Å². The first-order valence-electron chi connectivity index (χ1n) is 0.309. The monoisotopic (exact) mass is 113 g/mol. The van der Waals surface area contributed by atoms with Gasteiger partial charge in [-0.2, -0.15) is 0 Å². The molecule has 0 fully saturated rings. The van der Waals surface area contributed by atoms with E-state index in [0.29, 0.717) is 0 Å². The first-order chi connectivity index (χ1) is 1.41. The molecule has 0 aromatic heterocycles. The zero-order valence-corrected chi connectivity index (χ0v) is 4.50. The molecule has 4 heavy (non-hydrogen) atoms. The third-order valence-corrected chi connectivity index (χ3v) is 0. The molecule has 0 aliphatic rings. The van der Waals surface area contributed by atoms with Gasteiger partial charge >= 0.3 is 45.5 Å². The van der Waals surface area contributed by atoms with E-state index >= 15 is 0 Å². The third-order valence-electron chi connectivity index (χ3n) is 0. The molecule has 0 saturated heterocycles. The maximum absolute atomic E-state index is 8.41. The minimum atomic E-state index is -1.44. The molecule has 0 rings (SSSR count). The van der Waals surface area contributed by atoms with Crippen LogP contribution in [0.25, 0.3) is 0 Å². The van der Waals surface area contributed by atoms with E-state index in [1.165, 1.54) is 0 Å². The zero-order chi connectivity index (χ0) is 2.71. The summed E-state index contributed by atoms with van der Waals surface area (Å²) < 4.78 is 16.8. The van der Waals surface area contributed by atoms with Crippen LogP contribution >= 0.6 is 0 Å². The molecule has 0 spiro atoms. The summed E-state index contributed by atoms with van der Waals surface area (Å²) >= 11 is -1.44. The summed E-state index contributed by atoms with van der Waals surface area (Å²) in [5.74, 6) is 0. The average Bonchev–Trinajstić information content (AvgIpc) is 0.918. The van der Waals surface area contributed by atoms with E-state index in [-0.39, 0.29) is 25.9 Å². The van der Waals surface area contributed by atoms with Gasteiger partial charge in [0.2, 0.25) is 0 Å². The number of hydrogen-bond acceptors (Lipinski definition) is 2. The van der Waals surface area contributed by atoms with Crippen molar-refractivity contribution in [1.82, 2.24) is 0 Å². The summed E-state index contributed by atoms with van der Waals surface area (Å²) in [4.78, 5) is 0. The van der Waals surface area contributed by atoms with Gasteiger partial charge in [0.25, 0.3) is 0 Å². The fourth-order valence-corrected chi connectivity index (χ4v) is 0. The van der Waals surface area contributed by atoms with Gasteiger partial charge in [-0.25, -0.2) is 0 Å².